The average molecular weight is 449 g/mol. The summed E-state index contributed by atoms with van der Waals surface area (Å²) < 4.78 is 19.6. The Balaban J connectivity index is 1.57. The fraction of sp³-hybridized carbons (Fsp3) is 0.217. The van der Waals surface area contributed by atoms with E-state index in [0.29, 0.717) is 29.3 Å². The van der Waals surface area contributed by atoms with E-state index in [9.17, 15) is 9.18 Å². The summed E-state index contributed by atoms with van der Waals surface area (Å²) in [5.41, 5.74) is 7.23. The number of anilines is 3. The van der Waals surface area contributed by atoms with Crippen molar-refractivity contribution in [3.8, 4) is 17.7 Å². The zero-order valence-corrected chi connectivity index (χ0v) is 18.3. The minimum absolute atomic E-state index is 0.0909. The zero-order chi connectivity index (χ0) is 23.6. The standard InChI is InChI=1S/C23H24FN7O2/c1-31(2)10-3-4-11-33-21-15-28-20(14-29-21)23(32)30-17-7-8-18(24)16(12-17)13-27-19-6-5-9-26-22(19)25/h5-9,12,14-15,27H,10-11,13H2,1-2H3,(H2,25,26)(H,30,32). The molecule has 0 fully saturated rings. The molecule has 3 aromatic rings. The van der Waals surface area contributed by atoms with Crippen molar-refractivity contribution in [2.24, 2.45) is 0 Å². The number of carbonyl (C=O) groups excluding carboxylic acids is 1. The first kappa shape index (κ1) is 23.4. The number of rotatable bonds is 8. The number of nitrogens with one attached hydrogen (secondary N) is 2. The first-order valence-corrected chi connectivity index (χ1v) is 10.0. The SMILES string of the molecule is CN(C)CC#CCOc1cnc(C(=O)Nc2ccc(F)c(CNc3cccnc3N)c2)cn1. The Morgan fingerprint density at radius 2 is 2.03 bits per heavy atom. The molecule has 9 nitrogen and oxygen atoms in total. The number of nitrogens with two attached hydrogens (primary N) is 1. The van der Waals surface area contributed by atoms with Crippen LogP contribution in [0, 0.1) is 17.7 Å². The number of ether oxygens (including phenoxy) is 1. The van der Waals surface area contributed by atoms with Gasteiger partial charge in [-0.1, -0.05) is 11.8 Å². The minimum atomic E-state index is -0.484. The predicted octanol–water partition coefficient (Wildman–Crippen LogP) is 2.40. The molecule has 1 amide bonds. The number of amides is 1. The van der Waals surface area contributed by atoms with Crippen LogP contribution < -0.4 is 21.1 Å². The highest BCUT2D eigenvalue weighted by Crippen LogP contribution is 2.19. The second-order valence-corrected chi connectivity index (χ2v) is 7.17. The van der Waals surface area contributed by atoms with Crippen molar-refractivity contribution in [1.82, 2.24) is 19.9 Å². The topological polar surface area (TPSA) is 118 Å². The van der Waals surface area contributed by atoms with Gasteiger partial charge in [-0.05, 0) is 44.4 Å². The lowest BCUT2D eigenvalue weighted by atomic mass is 10.1. The number of aromatic nitrogens is 3. The normalized spacial score (nSPS) is 10.3. The van der Waals surface area contributed by atoms with E-state index < -0.39 is 11.7 Å². The van der Waals surface area contributed by atoms with Crippen LogP contribution in [-0.4, -0.2) is 53.0 Å². The van der Waals surface area contributed by atoms with Gasteiger partial charge < -0.3 is 21.1 Å². The molecule has 0 saturated heterocycles. The predicted molar refractivity (Wildman–Crippen MR) is 124 cm³/mol. The van der Waals surface area contributed by atoms with E-state index in [2.05, 4.69) is 37.4 Å². The van der Waals surface area contributed by atoms with Gasteiger partial charge in [0.25, 0.3) is 5.91 Å². The van der Waals surface area contributed by atoms with Gasteiger partial charge in [-0.15, -0.1) is 0 Å². The quantitative estimate of drug-likeness (QED) is 0.449. The molecule has 0 aliphatic carbocycles. The number of halogens is 1. The van der Waals surface area contributed by atoms with Crippen LogP contribution in [0.4, 0.5) is 21.6 Å². The third-order valence-corrected chi connectivity index (χ3v) is 4.28. The fourth-order valence-corrected chi connectivity index (χ4v) is 2.62. The van der Waals surface area contributed by atoms with Crippen LogP contribution in [0.5, 0.6) is 5.88 Å². The summed E-state index contributed by atoms with van der Waals surface area (Å²) in [6.07, 6.45) is 4.22. The van der Waals surface area contributed by atoms with Crippen LogP contribution in [-0.2, 0) is 6.54 Å². The summed E-state index contributed by atoms with van der Waals surface area (Å²) in [6.45, 7) is 0.965. The van der Waals surface area contributed by atoms with E-state index in [1.807, 2.05) is 19.0 Å². The molecule has 0 aliphatic heterocycles. The van der Waals surface area contributed by atoms with E-state index >= 15 is 0 Å². The molecule has 0 unspecified atom stereocenters. The van der Waals surface area contributed by atoms with Gasteiger partial charge in [0.2, 0.25) is 5.88 Å². The summed E-state index contributed by atoms with van der Waals surface area (Å²) in [4.78, 5) is 26.5. The Morgan fingerprint density at radius 1 is 1.18 bits per heavy atom. The first-order chi connectivity index (χ1) is 15.9. The molecule has 0 atom stereocenters. The lowest BCUT2D eigenvalue weighted by molar-refractivity contribution is 0.102. The lowest BCUT2D eigenvalue weighted by Gasteiger charge is -2.11. The molecule has 0 spiro atoms. The third-order valence-electron chi connectivity index (χ3n) is 4.28. The highest BCUT2D eigenvalue weighted by molar-refractivity contribution is 6.02. The van der Waals surface area contributed by atoms with Crippen LogP contribution >= 0.6 is 0 Å². The van der Waals surface area contributed by atoms with Gasteiger partial charge in [-0.2, -0.15) is 0 Å². The second kappa shape index (κ2) is 11.4. The van der Waals surface area contributed by atoms with Gasteiger partial charge in [0.05, 0.1) is 24.6 Å². The van der Waals surface area contributed by atoms with Crippen LogP contribution in [0.3, 0.4) is 0 Å². The largest absolute Gasteiger partial charge is 0.463 e. The van der Waals surface area contributed by atoms with Crippen LogP contribution in [0.15, 0.2) is 48.9 Å². The van der Waals surface area contributed by atoms with Crippen LogP contribution in [0.2, 0.25) is 0 Å². The van der Waals surface area contributed by atoms with Crippen LogP contribution in [0.25, 0.3) is 0 Å². The van der Waals surface area contributed by atoms with E-state index in [-0.39, 0.29) is 24.7 Å². The highest BCUT2D eigenvalue weighted by atomic mass is 19.1. The molecule has 2 aromatic heterocycles. The molecule has 0 aliphatic rings. The number of benzene rings is 1. The van der Waals surface area contributed by atoms with Gasteiger partial charge in [0.15, 0.2) is 6.61 Å². The van der Waals surface area contributed by atoms with E-state index in [1.54, 1.807) is 18.3 Å². The number of nitrogen functional groups attached to an aromatic ring is 1. The molecule has 0 bridgehead atoms. The van der Waals surface area contributed by atoms with Crippen molar-refractivity contribution in [2.45, 2.75) is 6.54 Å². The molecule has 0 radical (unpaired) electrons. The summed E-state index contributed by atoms with van der Waals surface area (Å²) in [7, 11) is 3.85. The lowest BCUT2D eigenvalue weighted by Crippen LogP contribution is -2.15. The molecular weight excluding hydrogens is 425 g/mol. The van der Waals surface area contributed by atoms with E-state index in [1.165, 1.54) is 30.6 Å². The molecule has 3 rings (SSSR count). The monoisotopic (exact) mass is 449 g/mol. The van der Waals surface area contributed by atoms with Crippen molar-refractivity contribution in [1.29, 1.82) is 0 Å². The van der Waals surface area contributed by atoms with Crippen molar-refractivity contribution in [2.75, 3.05) is 43.6 Å². The van der Waals surface area contributed by atoms with Crippen molar-refractivity contribution in [3.63, 3.8) is 0 Å². The molecule has 0 saturated carbocycles. The molecule has 2 heterocycles. The van der Waals surface area contributed by atoms with E-state index in [0.717, 1.165) is 0 Å². The maximum absolute atomic E-state index is 14.2. The van der Waals surface area contributed by atoms with E-state index in [4.69, 9.17) is 10.5 Å². The van der Waals surface area contributed by atoms with Crippen molar-refractivity contribution < 1.29 is 13.9 Å². The van der Waals surface area contributed by atoms with Gasteiger partial charge >= 0.3 is 0 Å². The molecule has 1 aromatic carbocycles. The van der Waals surface area contributed by atoms with Gasteiger partial charge in [-0.3, -0.25) is 9.69 Å². The summed E-state index contributed by atoms with van der Waals surface area (Å²) >= 11 is 0. The second-order valence-electron chi connectivity index (χ2n) is 7.17. The maximum Gasteiger partial charge on any atom is 0.275 e. The summed E-state index contributed by atoms with van der Waals surface area (Å²) in [5.74, 6) is 5.47. The first-order valence-electron chi connectivity index (χ1n) is 10.0. The Hall–Kier alpha value is -4.23. The zero-order valence-electron chi connectivity index (χ0n) is 18.3. The Morgan fingerprint density at radius 3 is 2.76 bits per heavy atom. The Labute approximate surface area is 191 Å². The molecule has 33 heavy (non-hydrogen) atoms. The fourth-order valence-electron chi connectivity index (χ4n) is 2.62. The van der Waals surface area contributed by atoms with Gasteiger partial charge in [0.1, 0.15) is 17.3 Å². The third kappa shape index (κ3) is 7.15. The molecule has 170 valence electrons. The highest BCUT2D eigenvalue weighted by Gasteiger charge is 2.11. The Bertz CT molecular complexity index is 1160. The summed E-state index contributed by atoms with van der Waals surface area (Å²) in [6, 6.07) is 7.74. The molecular formula is C23H24FN7O2. The maximum atomic E-state index is 14.2. The number of nitrogens with zero attached hydrogens (tertiary/aromatic N) is 4. The molecule has 4 N–H and O–H groups in total. The number of hydrogen-bond acceptors (Lipinski definition) is 8. The van der Waals surface area contributed by atoms with Crippen LogP contribution in [0.1, 0.15) is 16.1 Å². The Kier molecular flexibility index (Phi) is 8.10. The minimum Gasteiger partial charge on any atom is -0.463 e. The van der Waals surface area contributed by atoms with Gasteiger partial charge in [-0.25, -0.2) is 19.3 Å². The summed E-state index contributed by atoms with van der Waals surface area (Å²) in [5, 5.41) is 5.71. The number of hydrogen-bond donors (Lipinski definition) is 3. The van der Waals surface area contributed by atoms with Crippen molar-refractivity contribution >= 4 is 23.1 Å². The average Bonchev–Trinajstić information content (AvgIpc) is 2.80. The van der Waals surface area contributed by atoms with Gasteiger partial charge in [0, 0.05) is 24.0 Å². The number of pyridine rings is 1. The molecule has 10 heteroatoms. The number of carbonyl (C=O) groups is 1. The van der Waals surface area contributed by atoms with Crippen molar-refractivity contribution in [3.05, 3.63) is 66.0 Å². The smallest absolute Gasteiger partial charge is 0.275 e.